The van der Waals surface area contributed by atoms with Crippen LogP contribution >= 0.6 is 0 Å². The topological polar surface area (TPSA) is 49.9 Å². The third-order valence-electron chi connectivity index (χ3n) is 4.07. The Morgan fingerprint density at radius 3 is 2.67 bits per heavy atom. The molecule has 0 aromatic carbocycles. The van der Waals surface area contributed by atoms with Gasteiger partial charge in [0, 0.05) is 19.5 Å². The van der Waals surface area contributed by atoms with Gasteiger partial charge in [-0.3, -0.25) is 9.59 Å². The molecule has 1 amide bonds. The first kappa shape index (κ1) is 13.3. The van der Waals surface area contributed by atoms with Crippen LogP contribution in [-0.4, -0.2) is 62.0 Å². The summed E-state index contributed by atoms with van der Waals surface area (Å²) >= 11 is 0. The Labute approximate surface area is 108 Å². The smallest absolute Gasteiger partial charge is 0.310 e. The molecule has 18 heavy (non-hydrogen) atoms. The molecule has 0 aliphatic carbocycles. The molecule has 0 N–H and O–H groups in total. The van der Waals surface area contributed by atoms with Crippen molar-refractivity contribution in [1.82, 2.24) is 9.80 Å². The molecular weight excluding hydrogens is 232 g/mol. The number of carbonyl (C=O) groups excluding carboxylic acids is 2. The van der Waals surface area contributed by atoms with Crippen molar-refractivity contribution in [3.63, 3.8) is 0 Å². The molecule has 0 aromatic rings. The first-order chi connectivity index (χ1) is 8.60. The molecule has 0 saturated carbocycles. The zero-order chi connectivity index (χ0) is 13.1. The van der Waals surface area contributed by atoms with Gasteiger partial charge in [-0.05, 0) is 38.9 Å². The molecule has 0 spiro atoms. The van der Waals surface area contributed by atoms with Crippen LogP contribution in [0.5, 0.6) is 0 Å². The third kappa shape index (κ3) is 3.02. The SMILES string of the molecule is COC(=O)C1CC(=O)N(CC2CCN(C)CC2)C1. The summed E-state index contributed by atoms with van der Waals surface area (Å²) in [6, 6.07) is 0. The summed E-state index contributed by atoms with van der Waals surface area (Å²) < 4.78 is 4.71. The summed E-state index contributed by atoms with van der Waals surface area (Å²) in [6.45, 7) is 3.55. The lowest BCUT2D eigenvalue weighted by Crippen LogP contribution is -2.38. The Hall–Kier alpha value is -1.10. The van der Waals surface area contributed by atoms with Gasteiger partial charge in [-0.25, -0.2) is 0 Å². The molecule has 2 aliphatic heterocycles. The van der Waals surface area contributed by atoms with Crippen molar-refractivity contribution in [1.29, 1.82) is 0 Å². The van der Waals surface area contributed by atoms with Crippen LogP contribution in [0.4, 0.5) is 0 Å². The molecule has 0 aromatic heterocycles. The van der Waals surface area contributed by atoms with E-state index < -0.39 is 0 Å². The quantitative estimate of drug-likeness (QED) is 0.682. The maximum Gasteiger partial charge on any atom is 0.310 e. The molecule has 2 heterocycles. The minimum atomic E-state index is -0.256. The Morgan fingerprint density at radius 2 is 2.06 bits per heavy atom. The van der Waals surface area contributed by atoms with E-state index >= 15 is 0 Å². The molecule has 1 atom stereocenters. The second-order valence-electron chi connectivity index (χ2n) is 5.47. The summed E-state index contributed by atoms with van der Waals surface area (Å²) in [4.78, 5) is 27.4. The van der Waals surface area contributed by atoms with E-state index in [0.29, 0.717) is 18.9 Å². The van der Waals surface area contributed by atoms with Gasteiger partial charge in [0.15, 0.2) is 0 Å². The van der Waals surface area contributed by atoms with Gasteiger partial charge in [0.2, 0.25) is 5.91 Å². The third-order valence-corrected chi connectivity index (χ3v) is 4.07. The lowest BCUT2D eigenvalue weighted by molar-refractivity contribution is -0.145. The molecule has 0 radical (unpaired) electrons. The van der Waals surface area contributed by atoms with Crippen LogP contribution in [0.2, 0.25) is 0 Å². The highest BCUT2D eigenvalue weighted by Gasteiger charge is 2.36. The molecule has 0 bridgehead atoms. The van der Waals surface area contributed by atoms with Crippen LogP contribution in [0.3, 0.4) is 0 Å². The van der Waals surface area contributed by atoms with Crippen molar-refractivity contribution in [3.05, 3.63) is 0 Å². The van der Waals surface area contributed by atoms with Crippen LogP contribution in [-0.2, 0) is 14.3 Å². The predicted octanol–water partition coefficient (Wildman–Crippen LogP) is 0.350. The van der Waals surface area contributed by atoms with Crippen LogP contribution in [0, 0.1) is 11.8 Å². The molecule has 1 unspecified atom stereocenters. The van der Waals surface area contributed by atoms with Crippen molar-refractivity contribution in [2.75, 3.05) is 40.3 Å². The van der Waals surface area contributed by atoms with Crippen LogP contribution in [0.15, 0.2) is 0 Å². The predicted molar refractivity (Wildman–Crippen MR) is 66.9 cm³/mol. The first-order valence-electron chi connectivity index (χ1n) is 6.64. The standard InChI is InChI=1S/C13H22N2O3/c1-14-5-3-10(4-6-14)8-15-9-11(7-12(15)16)13(17)18-2/h10-11H,3-9H2,1-2H3. The van der Waals surface area contributed by atoms with E-state index in [9.17, 15) is 9.59 Å². The monoisotopic (exact) mass is 254 g/mol. The molecule has 2 fully saturated rings. The molecule has 5 heteroatoms. The Morgan fingerprint density at radius 1 is 1.39 bits per heavy atom. The average molecular weight is 254 g/mol. The fourth-order valence-corrected chi connectivity index (χ4v) is 2.83. The van der Waals surface area contributed by atoms with E-state index in [0.717, 1.165) is 32.5 Å². The number of amides is 1. The highest BCUT2D eigenvalue weighted by Crippen LogP contribution is 2.23. The van der Waals surface area contributed by atoms with Crippen LogP contribution in [0.1, 0.15) is 19.3 Å². The van der Waals surface area contributed by atoms with Crippen molar-refractivity contribution in [3.8, 4) is 0 Å². The molecule has 2 aliphatic rings. The van der Waals surface area contributed by atoms with Crippen molar-refractivity contribution >= 4 is 11.9 Å². The van der Waals surface area contributed by atoms with Crippen molar-refractivity contribution in [2.24, 2.45) is 11.8 Å². The normalized spacial score (nSPS) is 26.7. The number of hydrogen-bond acceptors (Lipinski definition) is 4. The Bertz CT molecular complexity index is 324. The maximum absolute atomic E-state index is 11.9. The zero-order valence-corrected chi connectivity index (χ0v) is 11.2. The summed E-state index contributed by atoms with van der Waals surface area (Å²) in [5.74, 6) is 0.175. The average Bonchev–Trinajstić information content (AvgIpc) is 2.73. The molecule has 102 valence electrons. The highest BCUT2D eigenvalue weighted by molar-refractivity contribution is 5.86. The number of carbonyl (C=O) groups is 2. The fourth-order valence-electron chi connectivity index (χ4n) is 2.83. The van der Waals surface area contributed by atoms with Gasteiger partial charge >= 0.3 is 5.97 Å². The van der Waals surface area contributed by atoms with Crippen LogP contribution in [0.25, 0.3) is 0 Å². The van der Waals surface area contributed by atoms with Gasteiger partial charge in [0.1, 0.15) is 0 Å². The van der Waals surface area contributed by atoms with E-state index in [1.165, 1.54) is 7.11 Å². The zero-order valence-electron chi connectivity index (χ0n) is 11.2. The first-order valence-corrected chi connectivity index (χ1v) is 6.64. The minimum absolute atomic E-state index is 0.101. The fraction of sp³-hybridized carbons (Fsp3) is 0.846. The van der Waals surface area contributed by atoms with Gasteiger partial charge in [0.25, 0.3) is 0 Å². The van der Waals surface area contributed by atoms with Crippen molar-refractivity contribution < 1.29 is 14.3 Å². The Balaban J connectivity index is 1.83. The highest BCUT2D eigenvalue weighted by atomic mass is 16.5. The van der Waals surface area contributed by atoms with E-state index in [2.05, 4.69) is 11.9 Å². The second-order valence-corrected chi connectivity index (χ2v) is 5.47. The number of ether oxygens (including phenoxy) is 1. The number of piperidine rings is 1. The molecular formula is C13H22N2O3. The number of rotatable bonds is 3. The maximum atomic E-state index is 11.9. The van der Waals surface area contributed by atoms with Gasteiger partial charge in [-0.1, -0.05) is 0 Å². The lowest BCUT2D eigenvalue weighted by atomic mass is 9.96. The van der Waals surface area contributed by atoms with E-state index in [-0.39, 0.29) is 17.8 Å². The minimum Gasteiger partial charge on any atom is -0.469 e. The van der Waals surface area contributed by atoms with E-state index in [4.69, 9.17) is 4.74 Å². The summed E-state index contributed by atoms with van der Waals surface area (Å²) in [5, 5.41) is 0. The van der Waals surface area contributed by atoms with Gasteiger partial charge in [-0.15, -0.1) is 0 Å². The summed E-state index contributed by atoms with van der Waals surface area (Å²) in [5.41, 5.74) is 0. The van der Waals surface area contributed by atoms with E-state index in [1.807, 2.05) is 4.90 Å². The van der Waals surface area contributed by atoms with Gasteiger partial charge in [0.05, 0.1) is 13.0 Å². The number of likely N-dealkylation sites (tertiary alicyclic amines) is 2. The molecule has 5 nitrogen and oxygen atoms in total. The van der Waals surface area contributed by atoms with Crippen molar-refractivity contribution in [2.45, 2.75) is 19.3 Å². The lowest BCUT2D eigenvalue weighted by Gasteiger charge is -2.31. The second kappa shape index (κ2) is 5.69. The van der Waals surface area contributed by atoms with Gasteiger partial charge in [-0.2, -0.15) is 0 Å². The molecule has 2 rings (SSSR count). The Kier molecular flexibility index (Phi) is 4.22. The largest absolute Gasteiger partial charge is 0.469 e. The number of esters is 1. The number of nitrogens with zero attached hydrogens (tertiary/aromatic N) is 2. The van der Waals surface area contributed by atoms with E-state index in [1.54, 1.807) is 0 Å². The number of methoxy groups -OCH3 is 1. The summed E-state index contributed by atoms with van der Waals surface area (Å²) in [7, 11) is 3.51. The number of hydrogen-bond donors (Lipinski definition) is 0. The van der Waals surface area contributed by atoms with Crippen LogP contribution < -0.4 is 0 Å². The summed E-state index contributed by atoms with van der Waals surface area (Å²) in [6.07, 6.45) is 2.60. The van der Waals surface area contributed by atoms with Gasteiger partial charge < -0.3 is 14.5 Å². The molecule has 2 saturated heterocycles.